The molecule has 0 heterocycles. The third-order valence-corrected chi connectivity index (χ3v) is 2.31. The third-order valence-electron chi connectivity index (χ3n) is 2.31. The predicted molar refractivity (Wildman–Crippen MR) is 57.2 cm³/mol. The Morgan fingerprint density at radius 1 is 1.42 bits per heavy atom. The van der Waals surface area contributed by atoms with Gasteiger partial charge in [-0.05, 0) is 18.6 Å². The molecule has 0 aliphatic rings. The van der Waals surface area contributed by atoms with Gasteiger partial charge in [-0.15, -0.1) is 0 Å². The molecule has 106 valence electrons. The summed E-state index contributed by atoms with van der Waals surface area (Å²) in [5, 5.41) is 12.5. The van der Waals surface area contributed by atoms with Gasteiger partial charge in [0.05, 0.1) is 17.5 Å². The minimum atomic E-state index is -4.34. The largest absolute Gasteiger partial charge is 0.373 e. The molecule has 0 fully saturated rings. The lowest BCUT2D eigenvalue weighted by Gasteiger charge is -2.16. The fourth-order valence-corrected chi connectivity index (χ4v) is 1.25. The highest BCUT2D eigenvalue weighted by atomic mass is 19.3. The zero-order valence-electron chi connectivity index (χ0n) is 9.59. The highest BCUT2D eigenvalue weighted by molar-refractivity contribution is 5.63. The van der Waals surface area contributed by atoms with Crippen LogP contribution < -0.4 is 5.32 Å². The van der Waals surface area contributed by atoms with Crippen LogP contribution in [0, 0.1) is 22.9 Å². The molecule has 1 aromatic carbocycles. The maximum absolute atomic E-state index is 13.1. The van der Waals surface area contributed by atoms with E-state index in [-0.39, 0.29) is 5.56 Å². The van der Waals surface area contributed by atoms with Crippen LogP contribution in [0.5, 0.6) is 0 Å². The molecule has 19 heavy (non-hydrogen) atoms. The molecule has 0 unspecified atom stereocenters. The summed E-state index contributed by atoms with van der Waals surface area (Å²) in [5.74, 6) is -5.23. The van der Waals surface area contributed by atoms with Gasteiger partial charge in [-0.2, -0.15) is 8.78 Å². The van der Waals surface area contributed by atoms with Crippen molar-refractivity contribution in [3.63, 3.8) is 0 Å². The smallest absolute Gasteiger partial charge is 0.324 e. The van der Waals surface area contributed by atoms with E-state index < -0.39 is 41.0 Å². The molecule has 0 amide bonds. The second-order valence-corrected chi connectivity index (χ2v) is 3.79. The van der Waals surface area contributed by atoms with E-state index in [1.54, 1.807) is 0 Å². The van der Waals surface area contributed by atoms with E-state index in [4.69, 9.17) is 0 Å². The Morgan fingerprint density at radius 2 is 2.00 bits per heavy atom. The number of rotatable bonds is 5. The number of benzene rings is 1. The van der Waals surface area contributed by atoms with Crippen LogP contribution in [0.2, 0.25) is 0 Å². The van der Waals surface area contributed by atoms with Crippen molar-refractivity contribution in [2.45, 2.75) is 19.3 Å². The number of anilines is 1. The first-order valence-corrected chi connectivity index (χ1v) is 4.99. The summed E-state index contributed by atoms with van der Waals surface area (Å²) in [6, 6.07) is 1.45. The van der Waals surface area contributed by atoms with Crippen molar-refractivity contribution < 1.29 is 26.9 Å². The van der Waals surface area contributed by atoms with E-state index in [2.05, 4.69) is 0 Å². The van der Waals surface area contributed by atoms with Gasteiger partial charge in [-0.25, -0.2) is 13.2 Å². The normalized spacial score (nSPS) is 11.7. The standard InChI is InChI=1S/C10H9F5N2O2/c1-5-2-7(8(17(18)19)3-6(5)11)16-4-10(14,15)9(12)13/h2-3,9,16H,4H2,1H3. The molecule has 9 heteroatoms. The van der Waals surface area contributed by atoms with Gasteiger partial charge in [0.15, 0.2) is 0 Å². The van der Waals surface area contributed by atoms with Gasteiger partial charge in [0.1, 0.15) is 11.5 Å². The number of nitro benzene ring substituents is 1. The number of alkyl halides is 4. The maximum Gasteiger partial charge on any atom is 0.324 e. The third kappa shape index (κ3) is 3.52. The molecule has 1 rings (SSSR count). The highest BCUT2D eigenvalue weighted by Gasteiger charge is 2.40. The first-order chi connectivity index (χ1) is 8.65. The summed E-state index contributed by atoms with van der Waals surface area (Å²) >= 11 is 0. The van der Waals surface area contributed by atoms with Gasteiger partial charge in [0, 0.05) is 0 Å². The van der Waals surface area contributed by atoms with Crippen LogP contribution in [0.25, 0.3) is 0 Å². The number of hydrogen-bond acceptors (Lipinski definition) is 3. The number of nitrogens with one attached hydrogen (secondary N) is 1. The lowest BCUT2D eigenvalue weighted by Crippen LogP contribution is -2.35. The lowest BCUT2D eigenvalue weighted by molar-refractivity contribution is -0.384. The number of aryl methyl sites for hydroxylation is 1. The van der Waals surface area contributed by atoms with Gasteiger partial charge in [0.25, 0.3) is 5.69 Å². The Balaban J connectivity index is 3.01. The second kappa shape index (κ2) is 5.37. The van der Waals surface area contributed by atoms with E-state index in [9.17, 15) is 32.1 Å². The first-order valence-electron chi connectivity index (χ1n) is 4.99. The monoisotopic (exact) mass is 284 g/mol. The lowest BCUT2D eigenvalue weighted by atomic mass is 10.1. The van der Waals surface area contributed by atoms with Crippen molar-refractivity contribution in [1.82, 2.24) is 0 Å². The molecule has 0 saturated carbocycles. The molecular weight excluding hydrogens is 275 g/mol. The Morgan fingerprint density at radius 3 is 2.47 bits per heavy atom. The van der Waals surface area contributed by atoms with Gasteiger partial charge in [-0.1, -0.05) is 0 Å². The van der Waals surface area contributed by atoms with Gasteiger partial charge in [0.2, 0.25) is 0 Å². The summed E-state index contributed by atoms with van der Waals surface area (Å²) in [7, 11) is 0. The van der Waals surface area contributed by atoms with Crippen molar-refractivity contribution in [2.24, 2.45) is 0 Å². The molecule has 0 bridgehead atoms. The molecular formula is C10H9F5N2O2. The topological polar surface area (TPSA) is 55.2 Å². The van der Waals surface area contributed by atoms with Gasteiger partial charge in [-0.3, -0.25) is 10.1 Å². The number of hydrogen-bond donors (Lipinski definition) is 1. The number of nitro groups is 1. The van der Waals surface area contributed by atoms with Crippen LogP contribution in [0.1, 0.15) is 5.56 Å². The maximum atomic E-state index is 13.1. The summed E-state index contributed by atoms with van der Waals surface area (Å²) in [5.41, 5.74) is -1.27. The van der Waals surface area contributed by atoms with Gasteiger partial charge < -0.3 is 5.32 Å². The Labute approximate surface area is 104 Å². The Hall–Kier alpha value is -1.93. The minimum Gasteiger partial charge on any atom is -0.373 e. The fraction of sp³-hybridized carbons (Fsp3) is 0.400. The molecule has 1 N–H and O–H groups in total. The predicted octanol–water partition coefficient (Wildman–Crippen LogP) is 3.35. The Bertz CT molecular complexity index is 493. The first kappa shape index (κ1) is 15.1. The molecule has 0 aromatic heterocycles. The van der Waals surface area contributed by atoms with Crippen LogP contribution >= 0.6 is 0 Å². The summed E-state index contributed by atoms with van der Waals surface area (Å²) in [6.45, 7) is -0.230. The SMILES string of the molecule is Cc1cc(NCC(F)(F)C(F)F)c([N+](=O)[O-])cc1F. The van der Waals surface area contributed by atoms with E-state index in [0.717, 1.165) is 6.07 Å². The molecule has 0 saturated heterocycles. The number of halogens is 5. The zero-order chi connectivity index (χ0) is 14.8. The van der Waals surface area contributed by atoms with Crippen LogP contribution in [-0.2, 0) is 0 Å². The second-order valence-electron chi connectivity index (χ2n) is 3.79. The highest BCUT2D eigenvalue weighted by Crippen LogP contribution is 2.30. The minimum absolute atomic E-state index is 0.0338. The van der Waals surface area contributed by atoms with Crippen molar-refractivity contribution in [2.75, 3.05) is 11.9 Å². The van der Waals surface area contributed by atoms with E-state index in [1.807, 2.05) is 5.32 Å². The van der Waals surface area contributed by atoms with Crippen LogP contribution in [-0.4, -0.2) is 23.8 Å². The molecule has 4 nitrogen and oxygen atoms in total. The fourth-order valence-electron chi connectivity index (χ4n) is 1.25. The number of nitrogens with zero attached hydrogens (tertiary/aromatic N) is 1. The molecule has 0 aliphatic carbocycles. The van der Waals surface area contributed by atoms with Crippen LogP contribution in [0.15, 0.2) is 12.1 Å². The van der Waals surface area contributed by atoms with Crippen molar-refractivity contribution in [3.05, 3.63) is 33.6 Å². The quantitative estimate of drug-likeness (QED) is 0.512. The van der Waals surface area contributed by atoms with E-state index in [0.29, 0.717) is 6.07 Å². The summed E-state index contributed by atoms with van der Waals surface area (Å²) in [4.78, 5) is 9.61. The average Bonchev–Trinajstić information content (AvgIpc) is 2.29. The van der Waals surface area contributed by atoms with Crippen molar-refractivity contribution >= 4 is 11.4 Å². The molecule has 0 aliphatic heterocycles. The molecule has 0 spiro atoms. The van der Waals surface area contributed by atoms with Crippen LogP contribution in [0.3, 0.4) is 0 Å². The summed E-state index contributed by atoms with van der Waals surface area (Å²) < 4.78 is 62.4. The summed E-state index contributed by atoms with van der Waals surface area (Å²) in [6.07, 6.45) is -3.90. The average molecular weight is 284 g/mol. The van der Waals surface area contributed by atoms with Crippen molar-refractivity contribution in [1.29, 1.82) is 0 Å². The molecule has 0 radical (unpaired) electrons. The zero-order valence-corrected chi connectivity index (χ0v) is 9.59. The van der Waals surface area contributed by atoms with Crippen molar-refractivity contribution in [3.8, 4) is 0 Å². The van der Waals surface area contributed by atoms with Gasteiger partial charge >= 0.3 is 12.3 Å². The molecule has 0 atom stereocenters. The Kier molecular flexibility index (Phi) is 4.28. The van der Waals surface area contributed by atoms with E-state index in [1.165, 1.54) is 6.92 Å². The molecule has 1 aromatic rings. The van der Waals surface area contributed by atoms with Crippen LogP contribution in [0.4, 0.5) is 33.3 Å². The van der Waals surface area contributed by atoms with E-state index >= 15 is 0 Å².